The van der Waals surface area contributed by atoms with Crippen LogP contribution in [0.4, 0.5) is 0 Å². The van der Waals surface area contributed by atoms with Crippen molar-refractivity contribution in [1.82, 2.24) is 4.98 Å². The van der Waals surface area contributed by atoms with Crippen LogP contribution in [0.1, 0.15) is 57.1 Å². The van der Waals surface area contributed by atoms with Crippen LogP contribution < -0.4 is 0 Å². The summed E-state index contributed by atoms with van der Waals surface area (Å²) in [5, 5.41) is -0.255. The minimum absolute atomic E-state index is 0.255. The molecule has 0 atom stereocenters. The molecule has 0 aliphatic rings. The van der Waals surface area contributed by atoms with E-state index in [1.807, 2.05) is 0 Å². The van der Waals surface area contributed by atoms with Gasteiger partial charge in [0.1, 0.15) is 6.26 Å². The molecule has 0 saturated heterocycles. The topological polar surface area (TPSA) is 60.2 Å². The van der Waals surface area contributed by atoms with E-state index < -0.39 is 9.84 Å². The average Bonchev–Trinajstić information content (AvgIpc) is 3.09. The molecule has 0 amide bonds. The summed E-state index contributed by atoms with van der Waals surface area (Å²) in [6.07, 6.45) is 9.45. The van der Waals surface area contributed by atoms with Crippen LogP contribution in [0.15, 0.2) is 35.1 Å². The zero-order valence-corrected chi connectivity index (χ0v) is 16.3. The smallest absolute Gasteiger partial charge is 0.225 e. The number of benzene rings is 1. The number of nitrogens with zero attached hydrogens (tertiary/aromatic N) is 1. The highest BCUT2D eigenvalue weighted by atomic mass is 32.2. The summed E-state index contributed by atoms with van der Waals surface area (Å²) in [5.74, 6) is 0.984. The van der Waals surface area contributed by atoms with Gasteiger partial charge in [0.15, 0.2) is 9.84 Å². The summed E-state index contributed by atoms with van der Waals surface area (Å²) in [6.45, 7) is 5.63. The molecule has 0 N–H and O–H groups in total. The van der Waals surface area contributed by atoms with E-state index in [9.17, 15) is 8.42 Å². The van der Waals surface area contributed by atoms with E-state index in [1.54, 1.807) is 26.3 Å². The van der Waals surface area contributed by atoms with Gasteiger partial charge < -0.3 is 4.42 Å². The van der Waals surface area contributed by atoms with E-state index in [2.05, 4.69) is 30.1 Å². The fraction of sp³-hybridized carbons (Fsp3) is 0.550. The normalized spacial score (nSPS) is 12.0. The second-order valence-corrected chi connectivity index (χ2v) is 9.59. The van der Waals surface area contributed by atoms with Crippen molar-refractivity contribution < 1.29 is 12.8 Å². The maximum atomic E-state index is 11.7. The van der Waals surface area contributed by atoms with Crippen molar-refractivity contribution >= 4 is 9.84 Å². The molecule has 0 saturated carbocycles. The van der Waals surface area contributed by atoms with Crippen molar-refractivity contribution in [3.8, 4) is 11.5 Å². The highest BCUT2D eigenvalue weighted by Crippen LogP contribution is 2.22. The van der Waals surface area contributed by atoms with E-state index in [4.69, 9.17) is 4.42 Å². The molecule has 0 spiro atoms. The lowest BCUT2D eigenvalue weighted by Gasteiger charge is -2.08. The molecule has 1 aromatic heterocycles. The lowest BCUT2D eigenvalue weighted by Crippen LogP contribution is -2.17. The summed E-state index contributed by atoms with van der Waals surface area (Å²) < 4.78 is 28.8. The van der Waals surface area contributed by atoms with Gasteiger partial charge in [0, 0.05) is 5.56 Å². The second-order valence-electron chi connectivity index (χ2n) is 6.91. The monoisotopic (exact) mass is 363 g/mol. The molecule has 0 aliphatic carbocycles. The number of aryl methyl sites for hydroxylation is 2. The van der Waals surface area contributed by atoms with Crippen molar-refractivity contribution in [1.29, 1.82) is 0 Å². The van der Waals surface area contributed by atoms with Crippen molar-refractivity contribution in [2.45, 2.75) is 64.5 Å². The molecule has 5 heteroatoms. The van der Waals surface area contributed by atoms with Gasteiger partial charge >= 0.3 is 0 Å². The third-order valence-corrected chi connectivity index (χ3v) is 6.91. The largest absolute Gasteiger partial charge is 0.445 e. The van der Waals surface area contributed by atoms with Crippen molar-refractivity contribution in [2.24, 2.45) is 0 Å². The number of rotatable bonds is 10. The summed E-state index contributed by atoms with van der Waals surface area (Å²) in [7, 11) is -2.88. The predicted octanol–water partition coefficient (Wildman–Crippen LogP) is 4.97. The zero-order chi connectivity index (χ0) is 18.3. The number of oxazole rings is 1. The maximum Gasteiger partial charge on any atom is 0.225 e. The van der Waals surface area contributed by atoms with Crippen LogP contribution in [0.2, 0.25) is 0 Å². The highest BCUT2D eigenvalue weighted by Gasteiger charge is 2.14. The molecular formula is C20H29NO3S. The Hall–Kier alpha value is -1.62. The Labute approximate surface area is 151 Å². The molecule has 2 aromatic rings. The van der Waals surface area contributed by atoms with Gasteiger partial charge in [-0.1, -0.05) is 25.3 Å². The van der Waals surface area contributed by atoms with E-state index >= 15 is 0 Å². The standard InChI is InChI=1S/C20H29NO3S/c1-16(2)25(22,23)14-8-6-4-5-7-9-18-10-11-19(15-17(18)3)20-21-12-13-24-20/h10-13,15-16H,4-9,14H2,1-3H3. The maximum absolute atomic E-state index is 11.7. The summed E-state index contributed by atoms with van der Waals surface area (Å²) in [4.78, 5) is 4.18. The van der Waals surface area contributed by atoms with Gasteiger partial charge in [0.25, 0.3) is 0 Å². The molecule has 2 rings (SSSR count). The van der Waals surface area contributed by atoms with Gasteiger partial charge in [0.2, 0.25) is 5.89 Å². The molecule has 0 bridgehead atoms. The Bertz CT molecular complexity index is 749. The van der Waals surface area contributed by atoms with Crippen LogP contribution in [-0.4, -0.2) is 24.4 Å². The fourth-order valence-corrected chi connectivity index (χ4v) is 3.94. The third kappa shape index (κ3) is 5.99. The van der Waals surface area contributed by atoms with Gasteiger partial charge in [-0.15, -0.1) is 0 Å². The molecule has 1 heterocycles. The molecular weight excluding hydrogens is 334 g/mol. The molecule has 0 aliphatic heterocycles. The van der Waals surface area contributed by atoms with Crippen LogP contribution in [0.5, 0.6) is 0 Å². The first kappa shape index (κ1) is 19.7. The third-order valence-electron chi connectivity index (χ3n) is 4.62. The van der Waals surface area contributed by atoms with E-state index in [0.29, 0.717) is 11.6 Å². The summed E-state index contributed by atoms with van der Waals surface area (Å²) in [5.41, 5.74) is 3.63. The van der Waals surface area contributed by atoms with Crippen molar-refractivity contribution in [2.75, 3.05) is 5.75 Å². The Morgan fingerprint density at radius 1 is 1.08 bits per heavy atom. The Balaban J connectivity index is 1.69. The van der Waals surface area contributed by atoms with Crippen LogP contribution in [0.25, 0.3) is 11.5 Å². The number of sulfone groups is 1. The lowest BCUT2D eigenvalue weighted by atomic mass is 9.99. The van der Waals surface area contributed by atoms with Crippen LogP contribution in [0.3, 0.4) is 0 Å². The summed E-state index contributed by atoms with van der Waals surface area (Å²) in [6, 6.07) is 6.34. The molecule has 25 heavy (non-hydrogen) atoms. The number of hydrogen-bond acceptors (Lipinski definition) is 4. The Morgan fingerprint density at radius 2 is 1.80 bits per heavy atom. The minimum Gasteiger partial charge on any atom is -0.445 e. The van der Waals surface area contributed by atoms with Crippen LogP contribution >= 0.6 is 0 Å². The molecule has 4 nitrogen and oxygen atoms in total. The average molecular weight is 364 g/mol. The molecule has 0 fully saturated rings. The van der Waals surface area contributed by atoms with Crippen molar-refractivity contribution in [3.05, 3.63) is 41.8 Å². The SMILES string of the molecule is Cc1cc(-c2ncco2)ccc1CCCCCCCS(=O)(=O)C(C)C. The van der Waals surface area contributed by atoms with Gasteiger partial charge in [-0.05, 0) is 63.3 Å². The van der Waals surface area contributed by atoms with Gasteiger partial charge in [-0.25, -0.2) is 13.4 Å². The fourth-order valence-electron chi connectivity index (χ4n) is 2.86. The van der Waals surface area contributed by atoms with E-state index in [1.165, 1.54) is 11.1 Å². The quantitative estimate of drug-likeness (QED) is 0.559. The lowest BCUT2D eigenvalue weighted by molar-refractivity contribution is 0.574. The van der Waals surface area contributed by atoms with Gasteiger partial charge in [-0.2, -0.15) is 0 Å². The van der Waals surface area contributed by atoms with Crippen LogP contribution in [-0.2, 0) is 16.3 Å². The number of unbranched alkanes of at least 4 members (excludes halogenated alkanes) is 4. The van der Waals surface area contributed by atoms with E-state index in [-0.39, 0.29) is 5.25 Å². The first-order valence-corrected chi connectivity index (χ1v) is 10.8. The number of hydrogen-bond donors (Lipinski definition) is 0. The zero-order valence-electron chi connectivity index (χ0n) is 15.5. The van der Waals surface area contributed by atoms with Crippen molar-refractivity contribution in [3.63, 3.8) is 0 Å². The summed E-state index contributed by atoms with van der Waals surface area (Å²) >= 11 is 0. The van der Waals surface area contributed by atoms with E-state index in [0.717, 1.165) is 44.1 Å². The minimum atomic E-state index is -2.88. The Morgan fingerprint density at radius 3 is 2.44 bits per heavy atom. The Kier molecular flexibility index (Phi) is 7.24. The molecule has 1 aromatic carbocycles. The second kappa shape index (κ2) is 9.18. The van der Waals surface area contributed by atoms with Gasteiger partial charge in [0.05, 0.1) is 17.2 Å². The predicted molar refractivity (Wildman–Crippen MR) is 102 cm³/mol. The first-order chi connectivity index (χ1) is 11.9. The van der Waals surface area contributed by atoms with Gasteiger partial charge in [-0.3, -0.25) is 0 Å². The molecule has 0 unspecified atom stereocenters. The number of aromatic nitrogens is 1. The highest BCUT2D eigenvalue weighted by molar-refractivity contribution is 7.91. The molecule has 138 valence electrons. The first-order valence-electron chi connectivity index (χ1n) is 9.11. The molecule has 0 radical (unpaired) electrons. The van der Waals surface area contributed by atoms with Crippen LogP contribution in [0, 0.1) is 6.92 Å².